The second kappa shape index (κ2) is 8.24. The third kappa shape index (κ3) is 5.16. The molecular formula is C15H23N5O2S. The van der Waals surface area contributed by atoms with Gasteiger partial charge in [-0.3, -0.25) is 0 Å². The predicted octanol–water partition coefficient (Wildman–Crippen LogP) is 1.25. The third-order valence-corrected chi connectivity index (χ3v) is 5.41. The highest BCUT2D eigenvalue weighted by Crippen LogP contribution is 2.18. The lowest BCUT2D eigenvalue weighted by molar-refractivity contribution is 0.464. The summed E-state index contributed by atoms with van der Waals surface area (Å²) in [6.07, 6.45) is 5.48. The van der Waals surface area contributed by atoms with Crippen LogP contribution in [-0.4, -0.2) is 44.4 Å². The molecule has 1 saturated heterocycles. The Morgan fingerprint density at radius 2 is 2.13 bits per heavy atom. The minimum Gasteiger partial charge on any atom is -0.357 e. The van der Waals surface area contributed by atoms with Crippen LogP contribution in [0.2, 0.25) is 0 Å². The zero-order valence-electron chi connectivity index (χ0n) is 13.4. The zero-order chi connectivity index (χ0) is 16.7. The Hall–Kier alpha value is -1.69. The lowest BCUT2D eigenvalue weighted by Gasteiger charge is -2.28. The molecule has 0 atom stereocenters. The standard InChI is InChI=1S/C15H23N5O2S/c1-19(9-5-7-16)23(21,22)18-13-14-6-8-17-15(12-14)20-10-3-2-4-11-20/h6,8,12,18H,2-5,9-11,13H2,1H3. The SMILES string of the molecule is CN(CCC#N)S(=O)(=O)NCc1ccnc(N2CCCCC2)c1. The quantitative estimate of drug-likeness (QED) is 0.809. The van der Waals surface area contributed by atoms with E-state index in [1.165, 1.54) is 26.3 Å². The van der Waals surface area contributed by atoms with Gasteiger partial charge in [-0.2, -0.15) is 22.7 Å². The van der Waals surface area contributed by atoms with Crippen LogP contribution in [0, 0.1) is 11.3 Å². The fraction of sp³-hybridized carbons (Fsp3) is 0.600. The first-order valence-electron chi connectivity index (χ1n) is 7.80. The van der Waals surface area contributed by atoms with E-state index < -0.39 is 10.2 Å². The van der Waals surface area contributed by atoms with E-state index >= 15 is 0 Å². The van der Waals surface area contributed by atoms with E-state index in [0.717, 1.165) is 28.8 Å². The molecule has 7 nitrogen and oxygen atoms in total. The van der Waals surface area contributed by atoms with E-state index in [-0.39, 0.29) is 19.5 Å². The number of nitriles is 1. The summed E-state index contributed by atoms with van der Waals surface area (Å²) in [6.45, 7) is 2.39. The highest BCUT2D eigenvalue weighted by Gasteiger charge is 2.17. The second-order valence-electron chi connectivity index (χ2n) is 5.63. The molecule has 126 valence electrons. The maximum atomic E-state index is 12.1. The van der Waals surface area contributed by atoms with Crippen molar-refractivity contribution >= 4 is 16.0 Å². The summed E-state index contributed by atoms with van der Waals surface area (Å²) in [6, 6.07) is 5.69. The summed E-state index contributed by atoms with van der Waals surface area (Å²) in [5.41, 5.74) is 0.873. The van der Waals surface area contributed by atoms with Crippen molar-refractivity contribution in [2.45, 2.75) is 32.2 Å². The minimum absolute atomic E-state index is 0.172. The average Bonchev–Trinajstić information content (AvgIpc) is 2.59. The Labute approximate surface area is 138 Å². The van der Waals surface area contributed by atoms with Crippen LogP contribution in [0.5, 0.6) is 0 Å². The van der Waals surface area contributed by atoms with Gasteiger partial charge in [0.1, 0.15) is 5.82 Å². The lowest BCUT2D eigenvalue weighted by atomic mass is 10.1. The normalized spacial score (nSPS) is 15.6. The number of nitrogens with one attached hydrogen (secondary N) is 1. The Balaban J connectivity index is 1.96. The van der Waals surface area contributed by atoms with Crippen LogP contribution in [0.1, 0.15) is 31.2 Å². The Kier molecular flexibility index (Phi) is 6.33. The van der Waals surface area contributed by atoms with Crippen molar-refractivity contribution in [3.05, 3.63) is 23.9 Å². The van der Waals surface area contributed by atoms with Crippen LogP contribution in [0.3, 0.4) is 0 Å². The van der Waals surface area contributed by atoms with Crippen molar-refractivity contribution in [3.63, 3.8) is 0 Å². The van der Waals surface area contributed by atoms with Gasteiger partial charge in [0.25, 0.3) is 10.2 Å². The van der Waals surface area contributed by atoms with E-state index in [4.69, 9.17) is 5.26 Å². The van der Waals surface area contributed by atoms with Gasteiger partial charge in [0, 0.05) is 45.8 Å². The Morgan fingerprint density at radius 3 is 2.83 bits per heavy atom. The minimum atomic E-state index is -3.57. The Morgan fingerprint density at radius 1 is 1.39 bits per heavy atom. The van der Waals surface area contributed by atoms with E-state index in [9.17, 15) is 8.42 Å². The number of pyridine rings is 1. The summed E-state index contributed by atoms with van der Waals surface area (Å²) in [4.78, 5) is 6.62. The molecule has 0 saturated carbocycles. The molecule has 0 radical (unpaired) electrons. The molecule has 23 heavy (non-hydrogen) atoms. The number of nitrogens with zero attached hydrogens (tertiary/aromatic N) is 4. The molecule has 1 N–H and O–H groups in total. The van der Waals surface area contributed by atoms with E-state index in [2.05, 4.69) is 14.6 Å². The topological polar surface area (TPSA) is 89.3 Å². The molecule has 1 aromatic heterocycles. The molecule has 1 aliphatic rings. The molecular weight excluding hydrogens is 314 g/mol. The van der Waals surface area contributed by atoms with Gasteiger partial charge in [0.2, 0.25) is 0 Å². The lowest BCUT2D eigenvalue weighted by Crippen LogP contribution is -2.38. The summed E-state index contributed by atoms with van der Waals surface area (Å²) in [5, 5.41) is 8.54. The molecule has 8 heteroatoms. The summed E-state index contributed by atoms with van der Waals surface area (Å²) >= 11 is 0. The van der Waals surface area contributed by atoms with Crippen LogP contribution < -0.4 is 9.62 Å². The summed E-state index contributed by atoms with van der Waals surface area (Å²) in [5.74, 6) is 0.902. The number of hydrogen-bond acceptors (Lipinski definition) is 5. The van der Waals surface area contributed by atoms with Crippen LogP contribution in [-0.2, 0) is 16.8 Å². The molecule has 1 aromatic rings. The third-order valence-electron chi connectivity index (χ3n) is 3.90. The fourth-order valence-electron chi connectivity index (χ4n) is 2.48. The second-order valence-corrected chi connectivity index (χ2v) is 7.49. The largest absolute Gasteiger partial charge is 0.357 e. The van der Waals surface area contributed by atoms with Crippen molar-refractivity contribution in [2.75, 3.05) is 31.6 Å². The molecule has 2 rings (SSSR count). The molecule has 0 aromatic carbocycles. The van der Waals surface area contributed by atoms with Crippen molar-refractivity contribution < 1.29 is 8.42 Å². The van der Waals surface area contributed by atoms with Crippen LogP contribution in [0.25, 0.3) is 0 Å². The number of piperidine rings is 1. The molecule has 0 spiro atoms. The van der Waals surface area contributed by atoms with Crippen molar-refractivity contribution in [2.24, 2.45) is 0 Å². The molecule has 2 heterocycles. The predicted molar refractivity (Wildman–Crippen MR) is 88.9 cm³/mol. The molecule has 0 unspecified atom stereocenters. The highest BCUT2D eigenvalue weighted by molar-refractivity contribution is 7.87. The van der Waals surface area contributed by atoms with Gasteiger partial charge in [0.05, 0.1) is 6.07 Å². The first-order chi connectivity index (χ1) is 11.0. The number of aromatic nitrogens is 1. The monoisotopic (exact) mass is 337 g/mol. The highest BCUT2D eigenvalue weighted by atomic mass is 32.2. The summed E-state index contributed by atoms with van der Waals surface area (Å²) in [7, 11) is -2.11. The van der Waals surface area contributed by atoms with E-state index in [1.807, 2.05) is 18.2 Å². The van der Waals surface area contributed by atoms with Crippen molar-refractivity contribution in [1.29, 1.82) is 5.26 Å². The number of anilines is 1. The number of hydrogen-bond donors (Lipinski definition) is 1. The van der Waals surface area contributed by atoms with Crippen LogP contribution in [0.4, 0.5) is 5.82 Å². The average molecular weight is 337 g/mol. The maximum Gasteiger partial charge on any atom is 0.279 e. The molecule has 1 fully saturated rings. The summed E-state index contributed by atoms with van der Waals surface area (Å²) < 4.78 is 27.9. The molecule has 0 aliphatic carbocycles. The van der Waals surface area contributed by atoms with Gasteiger partial charge in [0.15, 0.2) is 0 Å². The smallest absolute Gasteiger partial charge is 0.279 e. The molecule has 0 bridgehead atoms. The van der Waals surface area contributed by atoms with Gasteiger partial charge < -0.3 is 4.90 Å². The zero-order valence-corrected chi connectivity index (χ0v) is 14.2. The van der Waals surface area contributed by atoms with Crippen LogP contribution in [0.15, 0.2) is 18.3 Å². The fourth-order valence-corrected chi connectivity index (χ4v) is 3.38. The van der Waals surface area contributed by atoms with Gasteiger partial charge in [-0.1, -0.05) is 0 Å². The van der Waals surface area contributed by atoms with Gasteiger partial charge >= 0.3 is 0 Å². The first-order valence-corrected chi connectivity index (χ1v) is 9.25. The first kappa shape index (κ1) is 17.7. The Bertz CT molecular complexity index is 650. The van der Waals surface area contributed by atoms with E-state index in [1.54, 1.807) is 6.20 Å². The molecule has 0 amide bonds. The molecule has 1 aliphatic heterocycles. The van der Waals surface area contributed by atoms with Gasteiger partial charge in [-0.25, -0.2) is 4.98 Å². The maximum absolute atomic E-state index is 12.1. The van der Waals surface area contributed by atoms with Gasteiger partial charge in [-0.05, 0) is 37.0 Å². The number of rotatable bonds is 7. The van der Waals surface area contributed by atoms with Crippen molar-refractivity contribution in [1.82, 2.24) is 14.0 Å². The van der Waals surface area contributed by atoms with Crippen molar-refractivity contribution in [3.8, 4) is 6.07 Å². The van der Waals surface area contributed by atoms with Crippen LogP contribution >= 0.6 is 0 Å². The van der Waals surface area contributed by atoms with Gasteiger partial charge in [-0.15, -0.1) is 0 Å². The van der Waals surface area contributed by atoms with E-state index in [0.29, 0.717) is 0 Å².